The Morgan fingerprint density at radius 3 is 2.55 bits per heavy atom. The van der Waals surface area contributed by atoms with Gasteiger partial charge in [0.15, 0.2) is 0 Å². The predicted octanol–water partition coefficient (Wildman–Crippen LogP) is 1.90. The molecule has 1 aliphatic rings. The van der Waals surface area contributed by atoms with Crippen LogP contribution < -0.4 is 14.8 Å². The Morgan fingerprint density at radius 2 is 1.91 bits per heavy atom. The molecule has 22 heavy (non-hydrogen) atoms. The topological polar surface area (TPSA) is 43.0 Å². The van der Waals surface area contributed by atoms with Crippen molar-refractivity contribution in [1.82, 2.24) is 10.2 Å². The third-order valence-corrected chi connectivity index (χ3v) is 4.23. The van der Waals surface area contributed by atoms with E-state index in [0.29, 0.717) is 0 Å². The standard InChI is InChI=1S/C17H28N2O3/c1-17(2,19-7-9-22-10-8-19)13-18-12-14-11-15(20-3)5-6-16(14)21-4/h5-6,11,18H,7-10,12-13H2,1-4H3. The SMILES string of the molecule is COc1ccc(OC)c(CNCC(C)(C)N2CCOCC2)c1. The van der Waals surface area contributed by atoms with E-state index in [-0.39, 0.29) is 5.54 Å². The summed E-state index contributed by atoms with van der Waals surface area (Å²) in [7, 11) is 3.38. The fourth-order valence-electron chi connectivity index (χ4n) is 2.80. The Balaban J connectivity index is 1.92. The van der Waals surface area contributed by atoms with Gasteiger partial charge in [0.2, 0.25) is 0 Å². The summed E-state index contributed by atoms with van der Waals surface area (Å²) in [6.07, 6.45) is 0. The van der Waals surface area contributed by atoms with Gasteiger partial charge in [0.05, 0.1) is 27.4 Å². The van der Waals surface area contributed by atoms with Crippen LogP contribution in [0.3, 0.4) is 0 Å². The monoisotopic (exact) mass is 308 g/mol. The van der Waals surface area contributed by atoms with Gasteiger partial charge in [-0.15, -0.1) is 0 Å². The van der Waals surface area contributed by atoms with Crippen molar-refractivity contribution in [2.24, 2.45) is 0 Å². The Hall–Kier alpha value is -1.30. The summed E-state index contributed by atoms with van der Waals surface area (Å²) >= 11 is 0. The van der Waals surface area contributed by atoms with Crippen LogP contribution in [0.1, 0.15) is 19.4 Å². The number of nitrogens with one attached hydrogen (secondary N) is 1. The summed E-state index contributed by atoms with van der Waals surface area (Å²) in [4.78, 5) is 2.48. The zero-order valence-corrected chi connectivity index (χ0v) is 14.1. The maximum absolute atomic E-state index is 5.43. The molecular formula is C17H28N2O3. The first-order valence-electron chi connectivity index (χ1n) is 7.81. The van der Waals surface area contributed by atoms with Crippen LogP contribution in [0.4, 0.5) is 0 Å². The first-order valence-corrected chi connectivity index (χ1v) is 7.81. The highest BCUT2D eigenvalue weighted by atomic mass is 16.5. The van der Waals surface area contributed by atoms with Crippen molar-refractivity contribution in [3.05, 3.63) is 23.8 Å². The summed E-state index contributed by atoms with van der Waals surface area (Å²) in [5.41, 5.74) is 1.22. The Bertz CT molecular complexity index is 471. The van der Waals surface area contributed by atoms with Gasteiger partial charge in [-0.05, 0) is 32.0 Å². The van der Waals surface area contributed by atoms with Crippen LogP contribution in [0.5, 0.6) is 11.5 Å². The molecule has 0 bridgehead atoms. The lowest BCUT2D eigenvalue weighted by Crippen LogP contribution is -2.54. The van der Waals surface area contributed by atoms with Gasteiger partial charge in [0.1, 0.15) is 11.5 Å². The smallest absolute Gasteiger partial charge is 0.123 e. The van der Waals surface area contributed by atoms with Crippen LogP contribution in [-0.4, -0.2) is 57.5 Å². The van der Waals surface area contributed by atoms with Crippen molar-refractivity contribution in [2.75, 3.05) is 47.1 Å². The molecule has 0 aromatic heterocycles. The normalized spacial score (nSPS) is 16.5. The van der Waals surface area contributed by atoms with Crippen molar-refractivity contribution in [3.8, 4) is 11.5 Å². The number of hydrogen-bond acceptors (Lipinski definition) is 5. The summed E-state index contributed by atoms with van der Waals surface area (Å²) in [6.45, 7) is 9.86. The number of morpholine rings is 1. The van der Waals surface area contributed by atoms with E-state index in [1.165, 1.54) is 0 Å². The average molecular weight is 308 g/mol. The van der Waals surface area contributed by atoms with Crippen molar-refractivity contribution in [2.45, 2.75) is 25.9 Å². The van der Waals surface area contributed by atoms with E-state index >= 15 is 0 Å². The molecule has 1 aromatic carbocycles. The van der Waals surface area contributed by atoms with Crippen LogP contribution in [-0.2, 0) is 11.3 Å². The predicted molar refractivity (Wildman–Crippen MR) is 87.7 cm³/mol. The minimum atomic E-state index is 0.107. The summed E-state index contributed by atoms with van der Waals surface area (Å²) in [6, 6.07) is 5.89. The van der Waals surface area contributed by atoms with E-state index in [9.17, 15) is 0 Å². The minimum Gasteiger partial charge on any atom is -0.497 e. The van der Waals surface area contributed by atoms with Crippen molar-refractivity contribution in [3.63, 3.8) is 0 Å². The molecule has 1 aromatic rings. The van der Waals surface area contributed by atoms with Gasteiger partial charge in [-0.25, -0.2) is 0 Å². The highest BCUT2D eigenvalue weighted by molar-refractivity contribution is 5.40. The first-order chi connectivity index (χ1) is 10.6. The van der Waals surface area contributed by atoms with Gasteiger partial charge in [-0.1, -0.05) is 0 Å². The molecule has 1 aliphatic heterocycles. The molecule has 0 saturated carbocycles. The zero-order chi connectivity index (χ0) is 16.0. The van der Waals surface area contributed by atoms with E-state index in [0.717, 1.165) is 56.5 Å². The van der Waals surface area contributed by atoms with Crippen molar-refractivity contribution in [1.29, 1.82) is 0 Å². The van der Waals surface area contributed by atoms with Crippen LogP contribution >= 0.6 is 0 Å². The Labute approximate surface area is 133 Å². The van der Waals surface area contributed by atoms with Crippen molar-refractivity contribution >= 4 is 0 Å². The molecule has 0 amide bonds. The number of hydrogen-bond donors (Lipinski definition) is 1. The lowest BCUT2D eigenvalue weighted by atomic mass is 10.0. The molecule has 124 valence electrons. The van der Waals surface area contributed by atoms with Gasteiger partial charge in [0.25, 0.3) is 0 Å². The third kappa shape index (κ3) is 4.35. The molecule has 5 nitrogen and oxygen atoms in total. The number of ether oxygens (including phenoxy) is 3. The Morgan fingerprint density at radius 1 is 1.18 bits per heavy atom. The minimum absolute atomic E-state index is 0.107. The maximum atomic E-state index is 5.43. The van der Waals surface area contributed by atoms with E-state index < -0.39 is 0 Å². The molecule has 2 rings (SSSR count). The molecule has 1 fully saturated rings. The van der Waals surface area contributed by atoms with Gasteiger partial charge in [0, 0.05) is 37.3 Å². The fraction of sp³-hybridized carbons (Fsp3) is 0.647. The number of rotatable bonds is 7. The Kier molecular flexibility index (Phi) is 6.06. The lowest BCUT2D eigenvalue weighted by molar-refractivity contribution is -0.00967. The van der Waals surface area contributed by atoms with E-state index in [4.69, 9.17) is 14.2 Å². The van der Waals surface area contributed by atoms with Crippen LogP contribution in [0.2, 0.25) is 0 Å². The molecule has 0 aliphatic carbocycles. The molecule has 0 radical (unpaired) electrons. The highest BCUT2D eigenvalue weighted by Crippen LogP contribution is 2.24. The second-order valence-electron chi connectivity index (χ2n) is 6.19. The molecule has 1 N–H and O–H groups in total. The second-order valence-corrected chi connectivity index (χ2v) is 6.19. The van der Waals surface area contributed by atoms with Crippen LogP contribution in [0, 0.1) is 0 Å². The third-order valence-electron chi connectivity index (χ3n) is 4.23. The van der Waals surface area contributed by atoms with Crippen LogP contribution in [0.25, 0.3) is 0 Å². The van der Waals surface area contributed by atoms with Crippen molar-refractivity contribution < 1.29 is 14.2 Å². The lowest BCUT2D eigenvalue weighted by Gasteiger charge is -2.41. The highest BCUT2D eigenvalue weighted by Gasteiger charge is 2.27. The quantitative estimate of drug-likeness (QED) is 0.833. The van der Waals surface area contributed by atoms with Crippen LogP contribution in [0.15, 0.2) is 18.2 Å². The average Bonchev–Trinajstić information content (AvgIpc) is 2.55. The fourth-order valence-corrected chi connectivity index (χ4v) is 2.80. The number of benzene rings is 1. The maximum Gasteiger partial charge on any atom is 0.123 e. The largest absolute Gasteiger partial charge is 0.497 e. The van der Waals surface area contributed by atoms with E-state index in [1.54, 1.807) is 14.2 Å². The molecule has 0 unspecified atom stereocenters. The zero-order valence-electron chi connectivity index (χ0n) is 14.1. The van der Waals surface area contributed by atoms with E-state index in [1.807, 2.05) is 18.2 Å². The molecule has 0 spiro atoms. The number of nitrogens with zero attached hydrogens (tertiary/aromatic N) is 1. The second kappa shape index (κ2) is 7.81. The molecule has 1 saturated heterocycles. The molecule has 5 heteroatoms. The van der Waals surface area contributed by atoms with E-state index in [2.05, 4.69) is 24.1 Å². The molecule has 0 atom stereocenters. The summed E-state index contributed by atoms with van der Waals surface area (Å²) in [5.74, 6) is 1.74. The summed E-state index contributed by atoms with van der Waals surface area (Å²) in [5, 5.41) is 3.55. The summed E-state index contributed by atoms with van der Waals surface area (Å²) < 4.78 is 16.1. The molecule has 1 heterocycles. The van der Waals surface area contributed by atoms with Gasteiger partial charge in [-0.2, -0.15) is 0 Å². The first kappa shape index (κ1) is 17.1. The van der Waals surface area contributed by atoms with Gasteiger partial charge >= 0.3 is 0 Å². The van der Waals surface area contributed by atoms with Gasteiger partial charge in [-0.3, -0.25) is 4.90 Å². The van der Waals surface area contributed by atoms with Gasteiger partial charge < -0.3 is 19.5 Å². The number of methoxy groups -OCH3 is 2. The molecular weight excluding hydrogens is 280 g/mol.